The fourth-order valence-corrected chi connectivity index (χ4v) is 4.98. The highest BCUT2D eigenvalue weighted by molar-refractivity contribution is 6.19. The largest absolute Gasteiger partial charge is 0.452 e. The normalized spacial score (nSPS) is 18.3. The van der Waals surface area contributed by atoms with E-state index < -0.39 is 11.6 Å². The smallest absolute Gasteiger partial charge is 0.264 e. The molecule has 3 N–H and O–H groups in total. The molecule has 5 aromatic rings. The number of rotatable bonds is 4. The predicted molar refractivity (Wildman–Crippen MR) is 142 cm³/mol. The monoisotopic (exact) mass is 496 g/mol. The molecule has 6 rings (SSSR count). The summed E-state index contributed by atoms with van der Waals surface area (Å²) in [5, 5.41) is 34.2. The number of aryl methyl sites for hydroxylation is 1. The van der Waals surface area contributed by atoms with E-state index in [1.54, 1.807) is 42.6 Å². The minimum absolute atomic E-state index is 0.0810. The molecular weight excluding hydrogens is 476 g/mol. The summed E-state index contributed by atoms with van der Waals surface area (Å²) >= 11 is 0. The van der Waals surface area contributed by atoms with Gasteiger partial charge in [0.25, 0.3) is 5.79 Å². The van der Waals surface area contributed by atoms with Gasteiger partial charge in [-0.15, -0.1) is 0 Å². The molecule has 0 spiro atoms. The lowest BCUT2D eigenvalue weighted by atomic mass is 9.86. The third-order valence-corrected chi connectivity index (χ3v) is 6.88. The van der Waals surface area contributed by atoms with E-state index in [9.17, 15) is 20.4 Å². The summed E-state index contributed by atoms with van der Waals surface area (Å²) in [6.45, 7) is 1.90. The number of aromatic nitrogens is 2. The highest BCUT2D eigenvalue weighted by Crippen LogP contribution is 2.50. The Hall–Kier alpha value is -5.37. The predicted octanol–water partition coefficient (Wildman–Crippen LogP) is 5.77. The van der Waals surface area contributed by atoms with Crippen molar-refractivity contribution in [2.24, 2.45) is 0 Å². The molecule has 38 heavy (non-hydrogen) atoms. The van der Waals surface area contributed by atoms with Gasteiger partial charge in [0, 0.05) is 50.9 Å². The van der Waals surface area contributed by atoms with E-state index in [1.807, 2.05) is 49.4 Å². The Kier molecular flexibility index (Phi) is 5.24. The van der Waals surface area contributed by atoms with Crippen LogP contribution in [0.1, 0.15) is 27.0 Å². The Morgan fingerprint density at radius 2 is 1.53 bits per heavy atom. The number of aromatic amines is 2. The van der Waals surface area contributed by atoms with Crippen LogP contribution in [0.15, 0.2) is 102 Å². The van der Waals surface area contributed by atoms with Gasteiger partial charge in [-0.05, 0) is 19.1 Å². The van der Waals surface area contributed by atoms with Crippen molar-refractivity contribution in [3.05, 3.63) is 124 Å². The summed E-state index contributed by atoms with van der Waals surface area (Å²) in [4.78, 5) is 20.1. The molecule has 0 saturated carbocycles. The van der Waals surface area contributed by atoms with Crippen LogP contribution in [-0.2, 0) is 10.5 Å². The van der Waals surface area contributed by atoms with Crippen LogP contribution in [-0.4, -0.2) is 20.9 Å². The molecule has 1 unspecified atom stereocenters. The minimum Gasteiger partial charge on any atom is -0.452 e. The second kappa shape index (κ2) is 8.63. The number of Topliss-reactive ketones (excluding diaryl/α,β-unsaturated/α-hetero) is 1. The number of fused-ring (bicyclic) bond motifs is 2. The van der Waals surface area contributed by atoms with Crippen molar-refractivity contribution in [2.45, 2.75) is 12.7 Å². The molecule has 1 aliphatic rings. The highest BCUT2D eigenvalue weighted by atomic mass is 16.6. The molecular formula is C31H20N4O3. The number of carbonyl (C=O) groups excluding carboxylic acids is 1. The SMILES string of the molecule is Cc1ccc(C2(O)OC(c3c[nH]c4ccccc34)=C(C#N)/C2=C(/C#N)C(=O)c2c[nH]c3ccccc23)cc1. The molecule has 1 atom stereocenters. The summed E-state index contributed by atoms with van der Waals surface area (Å²) in [6.07, 6.45) is 3.21. The van der Waals surface area contributed by atoms with Crippen LogP contribution in [0.3, 0.4) is 0 Å². The van der Waals surface area contributed by atoms with Crippen molar-refractivity contribution >= 4 is 33.3 Å². The molecule has 7 heteroatoms. The van der Waals surface area contributed by atoms with Crippen molar-refractivity contribution in [1.29, 1.82) is 10.5 Å². The third kappa shape index (κ3) is 3.35. The summed E-state index contributed by atoms with van der Waals surface area (Å²) < 4.78 is 6.20. The number of benzene rings is 3. The van der Waals surface area contributed by atoms with Crippen molar-refractivity contribution in [2.75, 3.05) is 0 Å². The molecule has 0 radical (unpaired) electrons. The average molecular weight is 497 g/mol. The molecule has 0 fully saturated rings. The van der Waals surface area contributed by atoms with E-state index in [0.717, 1.165) is 22.0 Å². The molecule has 0 amide bonds. The Bertz CT molecular complexity index is 1910. The first-order valence-electron chi connectivity index (χ1n) is 11.9. The maximum absolute atomic E-state index is 13.9. The fraction of sp³-hybridized carbons (Fsp3) is 0.0645. The third-order valence-electron chi connectivity index (χ3n) is 6.88. The number of para-hydroxylation sites is 2. The molecule has 3 heterocycles. The number of hydrogen-bond acceptors (Lipinski definition) is 5. The summed E-state index contributed by atoms with van der Waals surface area (Å²) in [5.74, 6) is -2.79. The zero-order chi connectivity index (χ0) is 26.4. The summed E-state index contributed by atoms with van der Waals surface area (Å²) in [7, 11) is 0. The van der Waals surface area contributed by atoms with Crippen LogP contribution in [0.5, 0.6) is 0 Å². The topological polar surface area (TPSA) is 126 Å². The van der Waals surface area contributed by atoms with Crippen LogP contribution in [0.4, 0.5) is 0 Å². The Morgan fingerprint density at radius 1 is 0.895 bits per heavy atom. The van der Waals surface area contributed by atoms with Gasteiger partial charge >= 0.3 is 0 Å². The zero-order valence-electron chi connectivity index (χ0n) is 20.2. The van der Waals surface area contributed by atoms with Gasteiger partial charge in [0.2, 0.25) is 5.78 Å². The average Bonchev–Trinajstić information content (AvgIpc) is 3.64. The number of carbonyl (C=O) groups is 1. The van der Waals surface area contributed by atoms with E-state index in [0.29, 0.717) is 16.5 Å². The Labute approximate surface area is 217 Å². The minimum atomic E-state index is -2.25. The Balaban J connectivity index is 1.65. The van der Waals surface area contributed by atoms with E-state index in [1.165, 1.54) is 6.20 Å². The Morgan fingerprint density at radius 3 is 2.21 bits per heavy atom. The molecule has 7 nitrogen and oxygen atoms in total. The van der Waals surface area contributed by atoms with Crippen LogP contribution >= 0.6 is 0 Å². The molecule has 2 aromatic heterocycles. The van der Waals surface area contributed by atoms with Crippen LogP contribution < -0.4 is 0 Å². The second-order valence-corrected chi connectivity index (χ2v) is 9.11. The molecule has 0 aliphatic carbocycles. The molecule has 1 aliphatic heterocycles. The quantitative estimate of drug-likeness (QED) is 0.165. The first-order valence-corrected chi connectivity index (χ1v) is 11.9. The zero-order valence-corrected chi connectivity index (χ0v) is 20.2. The van der Waals surface area contributed by atoms with E-state index >= 15 is 0 Å². The number of H-pyrrole nitrogens is 2. The van der Waals surface area contributed by atoms with Crippen molar-refractivity contribution in [3.63, 3.8) is 0 Å². The molecule has 0 saturated heterocycles. The van der Waals surface area contributed by atoms with Gasteiger partial charge < -0.3 is 19.8 Å². The number of aliphatic hydroxyl groups is 1. The highest BCUT2D eigenvalue weighted by Gasteiger charge is 2.50. The lowest BCUT2D eigenvalue weighted by Crippen LogP contribution is -2.29. The van der Waals surface area contributed by atoms with Crippen molar-refractivity contribution < 1.29 is 14.6 Å². The van der Waals surface area contributed by atoms with E-state index in [2.05, 4.69) is 16.0 Å². The maximum atomic E-state index is 13.9. The lowest BCUT2D eigenvalue weighted by molar-refractivity contribution is -0.120. The van der Waals surface area contributed by atoms with Gasteiger partial charge in [0.05, 0.1) is 5.57 Å². The molecule has 3 aromatic carbocycles. The number of nitrogens with one attached hydrogen (secondary N) is 2. The standard InChI is InChI=1S/C31H20N4O3/c1-18-10-12-19(13-11-18)31(37)28(22(14-32)29(36)24-16-34-26-8-4-2-6-20(24)26)23(15-33)30(38-31)25-17-35-27-9-5-3-7-21(25)27/h2-13,16-17,34-35,37H,1H3/b28-22+. The van der Waals surface area contributed by atoms with E-state index in [4.69, 9.17) is 4.74 Å². The van der Waals surface area contributed by atoms with Crippen LogP contribution in [0.2, 0.25) is 0 Å². The summed E-state index contributed by atoms with van der Waals surface area (Å²) in [6, 6.07) is 25.7. The van der Waals surface area contributed by atoms with Crippen molar-refractivity contribution in [3.8, 4) is 12.1 Å². The van der Waals surface area contributed by atoms with Gasteiger partial charge in [-0.2, -0.15) is 10.5 Å². The van der Waals surface area contributed by atoms with Gasteiger partial charge in [0.15, 0.2) is 5.76 Å². The number of hydrogen-bond donors (Lipinski definition) is 3. The molecule has 0 bridgehead atoms. The number of nitrogens with zero attached hydrogens (tertiary/aromatic N) is 2. The molecule has 182 valence electrons. The van der Waals surface area contributed by atoms with Crippen LogP contribution in [0, 0.1) is 29.6 Å². The fourth-order valence-electron chi connectivity index (χ4n) is 4.98. The second-order valence-electron chi connectivity index (χ2n) is 9.11. The number of nitriles is 2. The van der Waals surface area contributed by atoms with Gasteiger partial charge in [-0.3, -0.25) is 4.79 Å². The lowest BCUT2D eigenvalue weighted by Gasteiger charge is -2.26. The maximum Gasteiger partial charge on any atom is 0.264 e. The van der Waals surface area contributed by atoms with E-state index in [-0.39, 0.29) is 28.0 Å². The first kappa shape index (κ1) is 23.1. The van der Waals surface area contributed by atoms with Gasteiger partial charge in [-0.1, -0.05) is 66.2 Å². The number of ketones is 1. The first-order chi connectivity index (χ1) is 18.5. The van der Waals surface area contributed by atoms with Gasteiger partial charge in [0.1, 0.15) is 23.3 Å². The number of ether oxygens (including phenoxy) is 1. The van der Waals surface area contributed by atoms with Crippen molar-refractivity contribution in [1.82, 2.24) is 9.97 Å². The number of allylic oxidation sites excluding steroid dienone is 1. The van der Waals surface area contributed by atoms with Crippen LogP contribution in [0.25, 0.3) is 27.6 Å². The summed E-state index contributed by atoms with van der Waals surface area (Å²) in [5.41, 5.74) is 2.94. The van der Waals surface area contributed by atoms with Gasteiger partial charge in [-0.25, -0.2) is 0 Å².